The van der Waals surface area contributed by atoms with Gasteiger partial charge in [-0.25, -0.2) is 4.98 Å². The molecule has 1 aromatic heterocycles. The van der Waals surface area contributed by atoms with Gasteiger partial charge in [0.05, 0.1) is 11.0 Å². The Morgan fingerprint density at radius 2 is 1.80 bits per heavy atom. The van der Waals surface area contributed by atoms with Gasteiger partial charge in [0.15, 0.2) is 5.82 Å². The van der Waals surface area contributed by atoms with E-state index in [0.29, 0.717) is 25.5 Å². The zero-order valence-electron chi connectivity index (χ0n) is 21.0. The Balaban J connectivity index is 1.24. The van der Waals surface area contributed by atoms with E-state index in [0.717, 1.165) is 43.5 Å². The van der Waals surface area contributed by atoms with Crippen LogP contribution in [0.25, 0.3) is 11.0 Å². The second kappa shape index (κ2) is 9.72. The summed E-state index contributed by atoms with van der Waals surface area (Å²) >= 11 is 0. The van der Waals surface area contributed by atoms with Crippen molar-refractivity contribution < 1.29 is 4.79 Å². The summed E-state index contributed by atoms with van der Waals surface area (Å²) in [4.78, 5) is 37.8. The van der Waals surface area contributed by atoms with Crippen LogP contribution in [0.4, 0.5) is 11.5 Å². The first kappa shape index (κ1) is 23.4. The first-order valence-electron chi connectivity index (χ1n) is 12.8. The molecule has 2 aliphatic rings. The molecule has 0 unspecified atom stereocenters. The summed E-state index contributed by atoms with van der Waals surface area (Å²) in [5, 5.41) is 0. The molecule has 7 heteroatoms. The molecule has 0 radical (unpaired) electrons. The molecule has 7 nitrogen and oxygen atoms in total. The number of carbonyl (C=O) groups is 1. The summed E-state index contributed by atoms with van der Waals surface area (Å²) < 4.78 is 1.80. The van der Waals surface area contributed by atoms with E-state index in [9.17, 15) is 9.59 Å². The van der Waals surface area contributed by atoms with E-state index in [1.165, 1.54) is 11.3 Å². The molecule has 184 valence electrons. The Hall–Kier alpha value is -3.35. The second-order valence-electron chi connectivity index (χ2n) is 9.90. The van der Waals surface area contributed by atoms with Crippen molar-refractivity contribution in [1.29, 1.82) is 0 Å². The molecule has 2 fully saturated rings. The highest BCUT2D eigenvalue weighted by molar-refractivity contribution is 5.80. The number of nitrogens with zero attached hydrogens (tertiary/aromatic N) is 5. The number of fused-ring (bicyclic) bond motifs is 1. The third-order valence-electron chi connectivity index (χ3n) is 7.57. The number of aryl methyl sites for hydroxylation is 2. The summed E-state index contributed by atoms with van der Waals surface area (Å²) in [6, 6.07) is 16.7. The maximum Gasteiger partial charge on any atom is 0.293 e. The molecule has 1 atom stereocenters. The Bertz CT molecular complexity index is 1280. The maximum absolute atomic E-state index is 13.4. The zero-order chi connectivity index (χ0) is 24.5. The molecular formula is C28H35N5O2. The predicted octanol–water partition coefficient (Wildman–Crippen LogP) is 3.68. The summed E-state index contributed by atoms with van der Waals surface area (Å²) in [7, 11) is 0. The van der Waals surface area contributed by atoms with Gasteiger partial charge in [0.1, 0.15) is 0 Å². The molecule has 0 spiro atoms. The summed E-state index contributed by atoms with van der Waals surface area (Å²) in [5.74, 6) is 0.785. The average molecular weight is 474 g/mol. The number of rotatable bonds is 4. The van der Waals surface area contributed by atoms with Crippen LogP contribution < -0.4 is 15.4 Å². The lowest BCUT2D eigenvalue weighted by atomic mass is 9.94. The smallest absolute Gasteiger partial charge is 0.293 e. The molecule has 0 saturated carbocycles. The molecule has 5 rings (SSSR count). The van der Waals surface area contributed by atoms with Crippen molar-refractivity contribution >= 4 is 28.4 Å². The molecule has 0 N–H and O–H groups in total. The zero-order valence-corrected chi connectivity index (χ0v) is 21.0. The predicted molar refractivity (Wildman–Crippen MR) is 141 cm³/mol. The van der Waals surface area contributed by atoms with Gasteiger partial charge in [-0.15, -0.1) is 0 Å². The standard InChI is InChI=1S/C28H35N5O2/c1-4-32-25-11-6-5-10-24(25)29-26(28(32)35)30-14-12-22(13-15-30)27(34)31-16-17-33(21(3)19-31)23-9-7-8-20(2)18-23/h5-11,18,21-22H,4,12-17,19H2,1-3H3/t21-/m0/s1. The van der Waals surface area contributed by atoms with E-state index < -0.39 is 0 Å². The average Bonchev–Trinajstić information content (AvgIpc) is 2.88. The van der Waals surface area contributed by atoms with Crippen molar-refractivity contribution in [2.45, 2.75) is 46.2 Å². The fraction of sp³-hybridized carbons (Fsp3) is 0.464. The molecule has 2 saturated heterocycles. The number of hydrogen-bond donors (Lipinski definition) is 0. The van der Waals surface area contributed by atoms with Crippen LogP contribution in [0.1, 0.15) is 32.3 Å². The fourth-order valence-corrected chi connectivity index (χ4v) is 5.64. The number of para-hydroxylation sites is 2. The van der Waals surface area contributed by atoms with Crippen molar-refractivity contribution in [2.75, 3.05) is 42.5 Å². The quantitative estimate of drug-likeness (QED) is 0.579. The van der Waals surface area contributed by atoms with E-state index in [1.54, 1.807) is 4.57 Å². The molecule has 2 aliphatic heterocycles. The van der Waals surface area contributed by atoms with Crippen molar-refractivity contribution in [1.82, 2.24) is 14.5 Å². The number of benzene rings is 2. The van der Waals surface area contributed by atoms with Gasteiger partial charge in [-0.05, 0) is 63.4 Å². The molecule has 3 aromatic rings. The number of amides is 1. The maximum atomic E-state index is 13.4. The molecular weight excluding hydrogens is 438 g/mol. The lowest BCUT2D eigenvalue weighted by Gasteiger charge is -2.43. The van der Waals surface area contributed by atoms with Crippen LogP contribution in [-0.2, 0) is 11.3 Å². The molecule has 3 heterocycles. The molecule has 0 aliphatic carbocycles. The molecule has 2 aromatic carbocycles. The summed E-state index contributed by atoms with van der Waals surface area (Å²) in [6.45, 7) is 10.6. The highest BCUT2D eigenvalue weighted by atomic mass is 16.2. The number of piperidine rings is 1. The molecule has 0 bridgehead atoms. The monoisotopic (exact) mass is 473 g/mol. The lowest BCUT2D eigenvalue weighted by Crippen LogP contribution is -2.55. The van der Waals surface area contributed by atoms with E-state index in [4.69, 9.17) is 4.98 Å². The van der Waals surface area contributed by atoms with Gasteiger partial charge >= 0.3 is 0 Å². The normalized spacial score (nSPS) is 19.4. The summed E-state index contributed by atoms with van der Waals surface area (Å²) in [6.07, 6.45) is 1.51. The topological polar surface area (TPSA) is 61.7 Å². The molecule has 1 amide bonds. The number of anilines is 2. The second-order valence-corrected chi connectivity index (χ2v) is 9.90. The van der Waals surface area contributed by atoms with Gasteiger partial charge in [-0.3, -0.25) is 9.59 Å². The van der Waals surface area contributed by atoms with Crippen LogP contribution in [0.15, 0.2) is 53.3 Å². The minimum Gasteiger partial charge on any atom is -0.365 e. The van der Waals surface area contributed by atoms with Crippen molar-refractivity contribution in [2.24, 2.45) is 5.92 Å². The minimum absolute atomic E-state index is 0.0119. The first-order valence-corrected chi connectivity index (χ1v) is 12.8. The molecule has 35 heavy (non-hydrogen) atoms. The van der Waals surface area contributed by atoms with E-state index in [2.05, 4.69) is 52.8 Å². The van der Waals surface area contributed by atoms with Crippen molar-refractivity contribution in [3.05, 3.63) is 64.4 Å². The van der Waals surface area contributed by atoms with Crippen molar-refractivity contribution in [3.8, 4) is 0 Å². The first-order chi connectivity index (χ1) is 17.0. The summed E-state index contributed by atoms with van der Waals surface area (Å²) in [5.41, 5.74) is 4.15. The van der Waals surface area contributed by atoms with E-state index >= 15 is 0 Å². The van der Waals surface area contributed by atoms with Crippen LogP contribution in [0.5, 0.6) is 0 Å². The Kier molecular flexibility index (Phi) is 6.50. The number of hydrogen-bond acceptors (Lipinski definition) is 5. The van der Waals surface area contributed by atoms with E-state index in [1.807, 2.05) is 31.2 Å². The Morgan fingerprint density at radius 1 is 1.03 bits per heavy atom. The van der Waals surface area contributed by atoms with Crippen molar-refractivity contribution in [3.63, 3.8) is 0 Å². The number of aromatic nitrogens is 2. The lowest BCUT2D eigenvalue weighted by molar-refractivity contribution is -0.137. The minimum atomic E-state index is -0.0444. The largest absolute Gasteiger partial charge is 0.365 e. The van der Waals surface area contributed by atoms with E-state index in [-0.39, 0.29) is 23.4 Å². The van der Waals surface area contributed by atoms with Crippen LogP contribution >= 0.6 is 0 Å². The van der Waals surface area contributed by atoms with Gasteiger partial charge < -0.3 is 19.3 Å². The van der Waals surface area contributed by atoms with Gasteiger partial charge in [0, 0.05) is 56.9 Å². The van der Waals surface area contributed by atoms with Gasteiger partial charge in [0.25, 0.3) is 5.56 Å². The highest BCUT2D eigenvalue weighted by Crippen LogP contribution is 2.26. The third-order valence-corrected chi connectivity index (χ3v) is 7.57. The number of carbonyl (C=O) groups excluding carboxylic acids is 1. The van der Waals surface area contributed by atoms with Crippen LogP contribution in [0, 0.1) is 12.8 Å². The van der Waals surface area contributed by atoms with Crippen LogP contribution in [0.3, 0.4) is 0 Å². The fourth-order valence-electron chi connectivity index (χ4n) is 5.64. The Labute approximate surface area is 207 Å². The van der Waals surface area contributed by atoms with Gasteiger partial charge in [0.2, 0.25) is 5.91 Å². The third kappa shape index (κ3) is 4.51. The van der Waals surface area contributed by atoms with Crippen LogP contribution in [-0.4, -0.2) is 59.1 Å². The highest BCUT2D eigenvalue weighted by Gasteiger charge is 2.33. The Morgan fingerprint density at radius 3 is 2.51 bits per heavy atom. The van der Waals surface area contributed by atoms with Gasteiger partial charge in [-0.2, -0.15) is 0 Å². The van der Waals surface area contributed by atoms with Gasteiger partial charge in [-0.1, -0.05) is 24.3 Å². The van der Waals surface area contributed by atoms with Crippen LogP contribution in [0.2, 0.25) is 0 Å². The number of piperazine rings is 1. The SMILES string of the molecule is CCn1c(=O)c(N2CCC(C(=O)N3CCN(c4cccc(C)c4)[C@@H](C)C3)CC2)nc2ccccc21.